The van der Waals surface area contributed by atoms with Crippen molar-refractivity contribution < 1.29 is 31.5 Å². The molecule has 1 amide bonds. The second-order valence-corrected chi connectivity index (χ2v) is 7.23. The lowest BCUT2D eigenvalue weighted by atomic mass is 10.1. The predicted octanol–water partition coefficient (Wildman–Crippen LogP) is 3.18. The molecule has 0 aliphatic carbocycles. The Hall–Kier alpha value is -3.11. The van der Waals surface area contributed by atoms with Crippen molar-refractivity contribution in [2.75, 3.05) is 43.2 Å². The van der Waals surface area contributed by atoms with Gasteiger partial charge >= 0.3 is 6.61 Å². The molecule has 1 aromatic heterocycles. The van der Waals surface area contributed by atoms with Crippen LogP contribution >= 0.6 is 0 Å². The summed E-state index contributed by atoms with van der Waals surface area (Å²) in [4.78, 5) is 21.2. The number of halogens is 5. The number of pyridine rings is 1. The fraction of sp³-hybridized carbons (Fsp3) is 0.368. The van der Waals surface area contributed by atoms with Gasteiger partial charge in [-0.2, -0.15) is 8.78 Å². The zero-order chi connectivity index (χ0) is 21.6. The van der Waals surface area contributed by atoms with Gasteiger partial charge in [-0.1, -0.05) is 6.07 Å². The molecule has 2 aliphatic rings. The van der Waals surface area contributed by atoms with E-state index in [0.717, 1.165) is 17.0 Å². The maximum Gasteiger partial charge on any atom is 0.387 e. The number of fused-ring (bicyclic) bond motifs is 1. The molecule has 30 heavy (non-hydrogen) atoms. The molecule has 0 unspecified atom stereocenters. The number of benzene rings is 1. The number of amides is 1. The Balaban J connectivity index is 1.58. The second kappa shape index (κ2) is 7.29. The summed E-state index contributed by atoms with van der Waals surface area (Å²) in [6.45, 7) is -4.14. The molecule has 11 heteroatoms. The van der Waals surface area contributed by atoms with E-state index in [9.17, 15) is 26.7 Å². The Morgan fingerprint density at radius 2 is 1.97 bits per heavy atom. The summed E-state index contributed by atoms with van der Waals surface area (Å²) in [6.07, 6.45) is 1.50. The van der Waals surface area contributed by atoms with Gasteiger partial charge in [0.2, 0.25) is 5.91 Å². The minimum Gasteiger partial charge on any atom is -0.432 e. The third kappa shape index (κ3) is 3.83. The van der Waals surface area contributed by atoms with E-state index in [4.69, 9.17) is 0 Å². The minimum absolute atomic E-state index is 0.109. The normalized spacial score (nSPS) is 17.2. The highest BCUT2D eigenvalue weighted by atomic mass is 19.3. The van der Waals surface area contributed by atoms with Gasteiger partial charge in [0.15, 0.2) is 17.4 Å². The largest absolute Gasteiger partial charge is 0.432 e. The van der Waals surface area contributed by atoms with Crippen LogP contribution in [0.3, 0.4) is 0 Å². The molecular weight excluding hydrogens is 411 g/mol. The highest BCUT2D eigenvalue weighted by molar-refractivity contribution is 5.87. The lowest BCUT2D eigenvalue weighted by molar-refractivity contribution is -0.164. The second-order valence-electron chi connectivity index (χ2n) is 7.23. The molecule has 3 heterocycles. The quantitative estimate of drug-likeness (QED) is 0.685. The van der Waals surface area contributed by atoms with Gasteiger partial charge in [0.25, 0.3) is 5.92 Å². The lowest BCUT2D eigenvalue weighted by Gasteiger charge is -2.39. The van der Waals surface area contributed by atoms with Gasteiger partial charge in [-0.05, 0) is 23.8 Å². The number of ether oxygens (including phenoxy) is 1. The van der Waals surface area contributed by atoms with Gasteiger partial charge in [0, 0.05) is 18.8 Å². The van der Waals surface area contributed by atoms with Crippen molar-refractivity contribution in [1.82, 2.24) is 9.88 Å². The monoisotopic (exact) mass is 428 g/mol. The molecular formula is C19H17F5N4O2. The van der Waals surface area contributed by atoms with Crippen LogP contribution in [0.2, 0.25) is 0 Å². The number of anilines is 2. The molecule has 0 N–H and O–H groups in total. The Labute approximate surface area is 168 Å². The number of carbonyl (C=O) groups is 1. The van der Waals surface area contributed by atoms with Crippen LogP contribution in [0, 0.1) is 5.82 Å². The van der Waals surface area contributed by atoms with Crippen molar-refractivity contribution >= 4 is 17.4 Å². The summed E-state index contributed by atoms with van der Waals surface area (Å²) >= 11 is 0. The highest BCUT2D eigenvalue weighted by Gasteiger charge is 2.46. The maximum atomic E-state index is 13.7. The highest BCUT2D eigenvalue weighted by Crippen LogP contribution is 2.37. The Kier molecular flexibility index (Phi) is 4.91. The zero-order valence-electron chi connectivity index (χ0n) is 15.8. The van der Waals surface area contributed by atoms with E-state index in [0.29, 0.717) is 29.3 Å². The van der Waals surface area contributed by atoms with Crippen LogP contribution in [0.1, 0.15) is 0 Å². The first-order valence-electron chi connectivity index (χ1n) is 8.99. The van der Waals surface area contributed by atoms with Crippen molar-refractivity contribution in [1.29, 1.82) is 0 Å². The summed E-state index contributed by atoms with van der Waals surface area (Å²) in [5.74, 6) is -4.21. The standard InChI is InChI=1S/C19H17F5N4O2/c1-26-10-27(7-16(29)28-8-19(23,24)9-28)14-4-12(6-25-17(14)26)11-2-3-13(20)15(5-11)30-18(21)22/h2-6,18H,7-10H2,1H3. The molecule has 1 fully saturated rings. The summed E-state index contributed by atoms with van der Waals surface area (Å²) in [7, 11) is 1.76. The Morgan fingerprint density at radius 1 is 1.23 bits per heavy atom. The van der Waals surface area contributed by atoms with Crippen LogP contribution in [-0.4, -0.2) is 61.7 Å². The van der Waals surface area contributed by atoms with Crippen molar-refractivity contribution in [2.24, 2.45) is 0 Å². The zero-order valence-corrected chi connectivity index (χ0v) is 15.8. The number of aromatic nitrogens is 1. The van der Waals surface area contributed by atoms with E-state index in [1.807, 2.05) is 0 Å². The van der Waals surface area contributed by atoms with E-state index < -0.39 is 43.1 Å². The first kappa shape index (κ1) is 20.2. The van der Waals surface area contributed by atoms with Crippen molar-refractivity contribution in [2.45, 2.75) is 12.5 Å². The van der Waals surface area contributed by atoms with E-state index >= 15 is 0 Å². The lowest BCUT2D eigenvalue weighted by Crippen LogP contribution is -2.60. The van der Waals surface area contributed by atoms with E-state index in [-0.39, 0.29) is 6.54 Å². The number of rotatable bonds is 5. The molecule has 2 aliphatic heterocycles. The van der Waals surface area contributed by atoms with E-state index in [1.54, 1.807) is 22.9 Å². The van der Waals surface area contributed by atoms with E-state index in [1.165, 1.54) is 12.3 Å². The van der Waals surface area contributed by atoms with E-state index in [2.05, 4.69) is 9.72 Å². The topological polar surface area (TPSA) is 48.9 Å². The number of alkyl halides is 4. The van der Waals surface area contributed by atoms with Gasteiger partial charge in [0.1, 0.15) is 0 Å². The predicted molar refractivity (Wildman–Crippen MR) is 98.4 cm³/mol. The number of likely N-dealkylation sites (tertiary alicyclic amines) is 1. The van der Waals surface area contributed by atoms with Gasteiger partial charge < -0.3 is 19.4 Å². The van der Waals surface area contributed by atoms with Crippen LogP contribution in [0.4, 0.5) is 33.5 Å². The van der Waals surface area contributed by atoms with Crippen molar-refractivity contribution in [3.05, 3.63) is 36.3 Å². The fourth-order valence-corrected chi connectivity index (χ4v) is 3.49. The number of hydrogen-bond donors (Lipinski definition) is 0. The van der Waals surface area contributed by atoms with Gasteiger partial charge in [-0.15, -0.1) is 0 Å². The molecule has 0 spiro atoms. The molecule has 6 nitrogen and oxygen atoms in total. The van der Waals surface area contributed by atoms with Gasteiger partial charge in [0.05, 0.1) is 32.0 Å². The molecule has 0 bridgehead atoms. The van der Waals surface area contributed by atoms with Crippen LogP contribution in [0.15, 0.2) is 30.5 Å². The summed E-state index contributed by atoms with van der Waals surface area (Å²) < 4.78 is 68.9. The van der Waals surface area contributed by atoms with Crippen LogP contribution in [0.5, 0.6) is 5.75 Å². The molecule has 4 rings (SSSR count). The molecule has 1 saturated heterocycles. The molecule has 160 valence electrons. The molecule has 0 radical (unpaired) electrons. The van der Waals surface area contributed by atoms with Crippen LogP contribution in [-0.2, 0) is 4.79 Å². The smallest absolute Gasteiger partial charge is 0.387 e. The average Bonchev–Trinajstić information content (AvgIpc) is 2.96. The summed E-state index contributed by atoms with van der Waals surface area (Å²) in [6, 6.07) is 5.23. The minimum atomic E-state index is -3.17. The average molecular weight is 428 g/mol. The third-order valence-corrected chi connectivity index (χ3v) is 4.94. The molecule has 1 aromatic carbocycles. The molecule has 0 saturated carbocycles. The first-order valence-corrected chi connectivity index (χ1v) is 8.99. The van der Waals surface area contributed by atoms with Gasteiger partial charge in [-0.25, -0.2) is 18.2 Å². The van der Waals surface area contributed by atoms with Gasteiger partial charge in [-0.3, -0.25) is 4.79 Å². The number of nitrogens with zero attached hydrogens (tertiary/aromatic N) is 4. The van der Waals surface area contributed by atoms with Crippen LogP contribution in [0.25, 0.3) is 11.1 Å². The Morgan fingerprint density at radius 3 is 2.63 bits per heavy atom. The maximum absolute atomic E-state index is 13.7. The SMILES string of the molecule is CN1CN(CC(=O)N2CC(F)(F)C2)c2cc(-c3ccc(F)c(OC(F)F)c3)cnc21. The van der Waals surface area contributed by atoms with Crippen molar-refractivity contribution in [3.8, 4) is 16.9 Å². The number of carbonyl (C=O) groups excluding carboxylic acids is 1. The third-order valence-electron chi connectivity index (χ3n) is 4.94. The first-order chi connectivity index (χ1) is 14.1. The summed E-state index contributed by atoms with van der Waals surface area (Å²) in [5.41, 5.74) is 1.47. The van der Waals surface area contributed by atoms with Crippen molar-refractivity contribution in [3.63, 3.8) is 0 Å². The molecule has 2 aromatic rings. The number of hydrogen-bond acceptors (Lipinski definition) is 5. The fourth-order valence-electron chi connectivity index (χ4n) is 3.49. The molecule has 0 atom stereocenters. The summed E-state index contributed by atoms with van der Waals surface area (Å²) in [5, 5.41) is 0. The van der Waals surface area contributed by atoms with Crippen LogP contribution < -0.4 is 14.5 Å². The Bertz CT molecular complexity index is 979.